The molecule has 0 unspecified atom stereocenters. The number of carbonyl (C=O) groups excluding carboxylic acids is 1. The summed E-state index contributed by atoms with van der Waals surface area (Å²) in [4.78, 5) is 12.1. The van der Waals surface area contributed by atoms with Crippen LogP contribution < -0.4 is 14.9 Å². The molecule has 0 saturated carbocycles. The number of nitrogens with zero attached hydrogens (tertiary/aromatic N) is 1. The smallest absolute Gasteiger partial charge is 0.271 e. The molecule has 29 heavy (non-hydrogen) atoms. The quantitative estimate of drug-likeness (QED) is 0.407. The van der Waals surface area contributed by atoms with Gasteiger partial charge in [-0.15, -0.1) is 0 Å². The van der Waals surface area contributed by atoms with E-state index in [9.17, 15) is 4.79 Å². The molecule has 0 aliphatic heterocycles. The van der Waals surface area contributed by atoms with E-state index in [0.717, 1.165) is 11.1 Å². The van der Waals surface area contributed by atoms with Gasteiger partial charge in [-0.3, -0.25) is 4.79 Å². The van der Waals surface area contributed by atoms with Gasteiger partial charge in [-0.05, 0) is 59.7 Å². The first-order chi connectivity index (χ1) is 14.0. The van der Waals surface area contributed by atoms with Gasteiger partial charge >= 0.3 is 0 Å². The molecule has 0 radical (unpaired) electrons. The molecule has 0 aromatic heterocycles. The molecule has 3 aromatic rings. The number of hydrazone groups is 1. The van der Waals surface area contributed by atoms with Gasteiger partial charge in [-0.1, -0.05) is 41.4 Å². The molecule has 0 bridgehead atoms. The molecule has 1 amide bonds. The van der Waals surface area contributed by atoms with E-state index in [-0.39, 0.29) is 5.91 Å². The minimum Gasteiger partial charge on any atom is -0.493 e. The molecule has 1 N–H and O–H groups in total. The van der Waals surface area contributed by atoms with Gasteiger partial charge in [0.05, 0.1) is 13.3 Å². The second kappa shape index (κ2) is 9.96. The zero-order chi connectivity index (χ0) is 20.6. The predicted octanol–water partition coefficient (Wildman–Crippen LogP) is 5.34. The minimum absolute atomic E-state index is 0.348. The summed E-state index contributed by atoms with van der Waals surface area (Å²) in [6.45, 7) is 0.386. The first-order valence-electron chi connectivity index (χ1n) is 8.69. The summed E-state index contributed by atoms with van der Waals surface area (Å²) < 4.78 is 11.2. The number of benzene rings is 3. The number of ether oxygens (including phenoxy) is 2. The maximum atomic E-state index is 12.1. The number of hydrogen-bond donors (Lipinski definition) is 1. The molecule has 148 valence electrons. The fourth-order valence-corrected chi connectivity index (χ4v) is 2.80. The van der Waals surface area contributed by atoms with Gasteiger partial charge in [0, 0.05) is 15.6 Å². The second-order valence-electron chi connectivity index (χ2n) is 6.03. The maximum absolute atomic E-state index is 12.1. The Morgan fingerprint density at radius 3 is 2.52 bits per heavy atom. The number of methoxy groups -OCH3 is 1. The second-order valence-corrected chi connectivity index (χ2v) is 6.91. The fourth-order valence-electron chi connectivity index (χ4n) is 2.49. The van der Waals surface area contributed by atoms with Crippen LogP contribution in [-0.2, 0) is 6.61 Å². The molecular formula is C22H18Cl2N2O3. The van der Waals surface area contributed by atoms with E-state index >= 15 is 0 Å². The lowest BCUT2D eigenvalue weighted by molar-refractivity contribution is 0.0955. The van der Waals surface area contributed by atoms with Gasteiger partial charge in [0.25, 0.3) is 5.91 Å². The van der Waals surface area contributed by atoms with E-state index in [4.69, 9.17) is 32.7 Å². The van der Waals surface area contributed by atoms with Crippen molar-refractivity contribution in [2.75, 3.05) is 7.11 Å². The molecule has 0 heterocycles. The maximum Gasteiger partial charge on any atom is 0.271 e. The van der Waals surface area contributed by atoms with Crippen LogP contribution in [0.15, 0.2) is 71.8 Å². The molecule has 0 fully saturated rings. The Kier molecular flexibility index (Phi) is 7.11. The van der Waals surface area contributed by atoms with Crippen LogP contribution in [0.25, 0.3) is 0 Å². The molecular weight excluding hydrogens is 411 g/mol. The van der Waals surface area contributed by atoms with Gasteiger partial charge < -0.3 is 9.47 Å². The van der Waals surface area contributed by atoms with Crippen LogP contribution in [0, 0.1) is 0 Å². The van der Waals surface area contributed by atoms with Crippen molar-refractivity contribution in [3.63, 3.8) is 0 Å². The average Bonchev–Trinajstić information content (AvgIpc) is 2.73. The number of nitrogens with one attached hydrogen (secondary N) is 1. The Balaban J connectivity index is 1.62. The van der Waals surface area contributed by atoms with Crippen LogP contribution in [0.2, 0.25) is 10.0 Å². The normalized spacial score (nSPS) is 10.7. The lowest BCUT2D eigenvalue weighted by atomic mass is 10.2. The van der Waals surface area contributed by atoms with Crippen molar-refractivity contribution in [3.05, 3.63) is 93.5 Å². The molecule has 3 rings (SSSR count). The topological polar surface area (TPSA) is 59.9 Å². The summed E-state index contributed by atoms with van der Waals surface area (Å²) in [6.07, 6.45) is 1.52. The highest BCUT2D eigenvalue weighted by atomic mass is 35.5. The van der Waals surface area contributed by atoms with Crippen molar-refractivity contribution in [2.45, 2.75) is 6.61 Å². The van der Waals surface area contributed by atoms with Gasteiger partial charge in [0.2, 0.25) is 0 Å². The van der Waals surface area contributed by atoms with Crippen LogP contribution in [0.5, 0.6) is 11.5 Å². The molecule has 0 aliphatic carbocycles. The predicted molar refractivity (Wildman–Crippen MR) is 115 cm³/mol. The van der Waals surface area contributed by atoms with Crippen molar-refractivity contribution in [1.82, 2.24) is 5.43 Å². The third-order valence-corrected chi connectivity index (χ3v) is 4.45. The molecule has 5 nitrogen and oxygen atoms in total. The number of halogens is 2. The van der Waals surface area contributed by atoms with Crippen molar-refractivity contribution in [1.29, 1.82) is 0 Å². The van der Waals surface area contributed by atoms with Crippen molar-refractivity contribution in [2.24, 2.45) is 5.10 Å². The first-order valence-corrected chi connectivity index (χ1v) is 9.45. The van der Waals surface area contributed by atoms with Crippen molar-refractivity contribution >= 4 is 35.3 Å². The molecule has 7 heteroatoms. The minimum atomic E-state index is -0.348. The highest BCUT2D eigenvalue weighted by Crippen LogP contribution is 2.28. The summed E-state index contributed by atoms with van der Waals surface area (Å²) in [5.74, 6) is 0.810. The molecule has 0 aliphatic rings. The summed E-state index contributed by atoms with van der Waals surface area (Å²) in [7, 11) is 1.56. The van der Waals surface area contributed by atoms with E-state index in [1.54, 1.807) is 43.5 Å². The van der Waals surface area contributed by atoms with Gasteiger partial charge in [-0.25, -0.2) is 5.43 Å². The third kappa shape index (κ3) is 5.98. The Labute approximate surface area is 178 Å². The summed E-state index contributed by atoms with van der Waals surface area (Å²) in [6, 6.07) is 19.4. The molecule has 0 spiro atoms. The summed E-state index contributed by atoms with van der Waals surface area (Å²) in [5, 5.41) is 5.14. The lowest BCUT2D eigenvalue weighted by Gasteiger charge is -2.11. The Bertz CT molecular complexity index is 1020. The van der Waals surface area contributed by atoms with Gasteiger partial charge in [0.15, 0.2) is 11.5 Å². The molecule has 0 atom stereocenters. The average molecular weight is 429 g/mol. The van der Waals surface area contributed by atoms with E-state index in [2.05, 4.69) is 10.5 Å². The largest absolute Gasteiger partial charge is 0.493 e. The van der Waals surface area contributed by atoms with E-state index in [1.165, 1.54) is 6.21 Å². The fraction of sp³-hybridized carbons (Fsp3) is 0.0909. The highest BCUT2D eigenvalue weighted by Gasteiger charge is 2.07. The van der Waals surface area contributed by atoms with Crippen molar-refractivity contribution < 1.29 is 14.3 Å². The van der Waals surface area contributed by atoms with Gasteiger partial charge in [0.1, 0.15) is 6.61 Å². The number of carbonyl (C=O) groups is 1. The van der Waals surface area contributed by atoms with Gasteiger partial charge in [-0.2, -0.15) is 5.10 Å². The Hall–Kier alpha value is -3.02. The van der Waals surface area contributed by atoms with Crippen LogP contribution in [0.3, 0.4) is 0 Å². The number of rotatable bonds is 7. The van der Waals surface area contributed by atoms with Crippen LogP contribution in [0.1, 0.15) is 21.5 Å². The highest BCUT2D eigenvalue weighted by molar-refractivity contribution is 6.31. The number of hydrogen-bond acceptors (Lipinski definition) is 4. The SMILES string of the molecule is COc1cc(C=NNC(=O)c2cccc(Cl)c2)ccc1OCc1ccc(Cl)cc1. The van der Waals surface area contributed by atoms with E-state index in [0.29, 0.717) is 33.7 Å². The molecule has 0 saturated heterocycles. The van der Waals surface area contributed by atoms with E-state index in [1.807, 2.05) is 30.3 Å². The lowest BCUT2D eigenvalue weighted by Crippen LogP contribution is -2.17. The van der Waals surface area contributed by atoms with E-state index < -0.39 is 0 Å². The third-order valence-electron chi connectivity index (χ3n) is 3.96. The summed E-state index contributed by atoms with van der Waals surface area (Å²) in [5.41, 5.74) is 4.63. The first kappa shape index (κ1) is 20.7. The monoisotopic (exact) mass is 428 g/mol. The van der Waals surface area contributed by atoms with Crippen LogP contribution in [-0.4, -0.2) is 19.2 Å². The Morgan fingerprint density at radius 1 is 1.00 bits per heavy atom. The molecule has 3 aromatic carbocycles. The summed E-state index contributed by atoms with van der Waals surface area (Å²) >= 11 is 11.8. The Morgan fingerprint density at radius 2 is 1.79 bits per heavy atom. The standard InChI is InChI=1S/C22H18Cl2N2O3/c1-28-21-11-16(13-25-26-22(27)17-3-2-4-19(24)12-17)7-10-20(21)29-14-15-5-8-18(23)9-6-15/h2-13H,14H2,1H3,(H,26,27). The zero-order valence-corrected chi connectivity index (χ0v) is 17.1. The van der Waals surface area contributed by atoms with Crippen LogP contribution in [0.4, 0.5) is 0 Å². The van der Waals surface area contributed by atoms with Crippen LogP contribution >= 0.6 is 23.2 Å². The zero-order valence-electron chi connectivity index (χ0n) is 15.6. The number of amides is 1. The van der Waals surface area contributed by atoms with Crippen molar-refractivity contribution in [3.8, 4) is 11.5 Å².